The molecule has 1 aromatic heterocycles. The van der Waals surface area contributed by atoms with Gasteiger partial charge in [0.15, 0.2) is 5.13 Å². The molecule has 0 bridgehead atoms. The second kappa shape index (κ2) is 5.12. The first-order valence-electron chi connectivity index (χ1n) is 5.85. The van der Waals surface area contributed by atoms with Gasteiger partial charge in [0.05, 0.1) is 10.7 Å². The predicted molar refractivity (Wildman–Crippen MR) is 78.9 cm³/mol. The number of rotatable bonds is 3. The molecule has 98 valence electrons. The van der Waals surface area contributed by atoms with Gasteiger partial charge in [0.2, 0.25) is 5.91 Å². The van der Waals surface area contributed by atoms with Crippen LogP contribution in [0.3, 0.4) is 0 Å². The Morgan fingerprint density at radius 1 is 1.37 bits per heavy atom. The Morgan fingerprint density at radius 3 is 2.89 bits per heavy atom. The number of carbonyl (C=O) groups is 1. The van der Waals surface area contributed by atoms with Crippen LogP contribution in [0.15, 0.2) is 23.6 Å². The number of anilines is 1. The third-order valence-corrected chi connectivity index (χ3v) is 4.21. The van der Waals surface area contributed by atoms with E-state index in [-0.39, 0.29) is 11.8 Å². The highest BCUT2D eigenvalue weighted by atomic mass is 35.5. The molecule has 0 atom stereocenters. The van der Waals surface area contributed by atoms with Crippen LogP contribution >= 0.6 is 34.5 Å². The van der Waals surface area contributed by atoms with E-state index in [1.165, 1.54) is 11.3 Å². The molecule has 1 aliphatic rings. The zero-order valence-electron chi connectivity index (χ0n) is 9.82. The molecule has 0 unspecified atom stereocenters. The van der Waals surface area contributed by atoms with E-state index < -0.39 is 0 Å². The van der Waals surface area contributed by atoms with E-state index in [1.54, 1.807) is 18.2 Å². The van der Waals surface area contributed by atoms with Crippen molar-refractivity contribution in [2.24, 2.45) is 5.92 Å². The van der Waals surface area contributed by atoms with Gasteiger partial charge in [-0.1, -0.05) is 23.2 Å². The second-order valence-corrected chi connectivity index (χ2v) is 6.13. The Bertz CT molecular complexity index is 637. The first-order valence-corrected chi connectivity index (χ1v) is 7.49. The van der Waals surface area contributed by atoms with Gasteiger partial charge >= 0.3 is 0 Å². The van der Waals surface area contributed by atoms with E-state index in [2.05, 4.69) is 10.3 Å². The fraction of sp³-hybridized carbons (Fsp3) is 0.231. The molecule has 0 radical (unpaired) electrons. The predicted octanol–water partition coefficient (Wildman–Crippen LogP) is 4.47. The topological polar surface area (TPSA) is 42.0 Å². The van der Waals surface area contributed by atoms with E-state index in [9.17, 15) is 4.79 Å². The maximum absolute atomic E-state index is 11.6. The summed E-state index contributed by atoms with van der Waals surface area (Å²) in [6.07, 6.45) is 1.95. The second-order valence-electron chi connectivity index (χ2n) is 4.43. The molecular weight excluding hydrogens is 303 g/mol. The standard InChI is InChI=1S/C13H10Cl2N2OS/c14-8-3-4-10(15)9(5-8)11-6-19-13(16-11)17-12(18)7-1-2-7/h3-7H,1-2H2,(H,16,17,18). The number of nitrogens with zero attached hydrogens (tertiary/aromatic N) is 1. The van der Waals surface area contributed by atoms with Crippen molar-refractivity contribution in [3.8, 4) is 11.3 Å². The molecule has 0 aliphatic heterocycles. The third-order valence-electron chi connectivity index (χ3n) is 2.89. The van der Waals surface area contributed by atoms with Crippen molar-refractivity contribution < 1.29 is 4.79 Å². The highest BCUT2D eigenvalue weighted by molar-refractivity contribution is 7.14. The average molecular weight is 313 g/mol. The Hall–Kier alpha value is -1.10. The molecule has 1 saturated carbocycles. The van der Waals surface area contributed by atoms with Gasteiger partial charge in [0, 0.05) is 21.9 Å². The average Bonchev–Trinajstić information content (AvgIpc) is 3.14. The lowest BCUT2D eigenvalue weighted by molar-refractivity contribution is -0.117. The van der Waals surface area contributed by atoms with E-state index in [4.69, 9.17) is 23.2 Å². The molecule has 1 N–H and O–H groups in total. The minimum Gasteiger partial charge on any atom is -0.302 e. The minimum atomic E-state index is 0.0538. The van der Waals surface area contributed by atoms with Crippen molar-refractivity contribution in [1.29, 1.82) is 0 Å². The summed E-state index contributed by atoms with van der Waals surface area (Å²) in [5.41, 5.74) is 1.50. The first kappa shape index (κ1) is 12.9. The van der Waals surface area contributed by atoms with Crippen molar-refractivity contribution in [1.82, 2.24) is 4.98 Å². The molecule has 19 heavy (non-hydrogen) atoms. The fourth-order valence-electron chi connectivity index (χ4n) is 1.70. The largest absolute Gasteiger partial charge is 0.302 e. The molecule has 6 heteroatoms. The van der Waals surface area contributed by atoms with E-state index in [0.717, 1.165) is 24.1 Å². The molecule has 1 aliphatic carbocycles. The van der Waals surface area contributed by atoms with Crippen LogP contribution in [0.5, 0.6) is 0 Å². The van der Waals surface area contributed by atoms with Gasteiger partial charge in [-0.3, -0.25) is 4.79 Å². The summed E-state index contributed by atoms with van der Waals surface area (Å²) >= 11 is 13.5. The van der Waals surface area contributed by atoms with Gasteiger partial charge in [0.1, 0.15) is 0 Å². The van der Waals surface area contributed by atoms with Crippen molar-refractivity contribution in [3.05, 3.63) is 33.6 Å². The fourth-order valence-corrected chi connectivity index (χ4v) is 2.80. The summed E-state index contributed by atoms with van der Waals surface area (Å²) in [5.74, 6) is 0.222. The monoisotopic (exact) mass is 312 g/mol. The Balaban J connectivity index is 1.83. The van der Waals surface area contributed by atoms with Crippen LogP contribution in [-0.2, 0) is 4.79 Å². The number of nitrogens with one attached hydrogen (secondary N) is 1. The lowest BCUT2D eigenvalue weighted by Crippen LogP contribution is -2.12. The van der Waals surface area contributed by atoms with Crippen LogP contribution in [0.25, 0.3) is 11.3 Å². The van der Waals surface area contributed by atoms with Crippen molar-refractivity contribution >= 4 is 45.6 Å². The quantitative estimate of drug-likeness (QED) is 0.908. The lowest BCUT2D eigenvalue weighted by Gasteiger charge is -2.01. The van der Waals surface area contributed by atoms with Gasteiger partial charge in [0.25, 0.3) is 0 Å². The molecule has 3 nitrogen and oxygen atoms in total. The Labute approximate surface area is 124 Å². The third kappa shape index (κ3) is 2.91. The Morgan fingerprint density at radius 2 is 2.16 bits per heavy atom. The number of benzene rings is 1. The maximum atomic E-state index is 11.6. The van der Waals surface area contributed by atoms with Crippen LogP contribution < -0.4 is 5.32 Å². The first-order chi connectivity index (χ1) is 9.13. The SMILES string of the molecule is O=C(Nc1nc(-c2cc(Cl)ccc2Cl)cs1)C1CC1. The summed E-state index contributed by atoms with van der Waals surface area (Å²) in [6.45, 7) is 0. The summed E-state index contributed by atoms with van der Waals surface area (Å²) in [4.78, 5) is 16.0. The van der Waals surface area contributed by atoms with Gasteiger partial charge in [-0.15, -0.1) is 11.3 Å². The van der Waals surface area contributed by atoms with Gasteiger partial charge < -0.3 is 5.32 Å². The van der Waals surface area contributed by atoms with Crippen molar-refractivity contribution in [3.63, 3.8) is 0 Å². The molecule has 2 aromatic rings. The highest BCUT2D eigenvalue weighted by Crippen LogP contribution is 2.34. The van der Waals surface area contributed by atoms with Crippen molar-refractivity contribution in [2.75, 3.05) is 5.32 Å². The molecule has 3 rings (SSSR count). The molecule has 1 amide bonds. The number of amides is 1. The summed E-state index contributed by atoms with van der Waals surface area (Å²) in [6, 6.07) is 5.24. The molecule has 1 aromatic carbocycles. The van der Waals surface area contributed by atoms with E-state index >= 15 is 0 Å². The summed E-state index contributed by atoms with van der Waals surface area (Å²) in [5, 5.41) is 6.48. The number of hydrogen-bond acceptors (Lipinski definition) is 3. The number of carbonyl (C=O) groups excluding carboxylic acids is 1. The summed E-state index contributed by atoms with van der Waals surface area (Å²) < 4.78 is 0. The normalized spacial score (nSPS) is 14.4. The maximum Gasteiger partial charge on any atom is 0.229 e. The molecule has 1 heterocycles. The lowest BCUT2D eigenvalue weighted by atomic mass is 10.2. The summed E-state index contributed by atoms with van der Waals surface area (Å²) in [7, 11) is 0. The number of halogens is 2. The molecule has 0 saturated heterocycles. The van der Waals surface area contributed by atoms with Crippen LogP contribution in [0.2, 0.25) is 10.0 Å². The zero-order chi connectivity index (χ0) is 13.4. The van der Waals surface area contributed by atoms with Crippen LogP contribution in [-0.4, -0.2) is 10.9 Å². The van der Waals surface area contributed by atoms with Gasteiger partial charge in [-0.25, -0.2) is 4.98 Å². The zero-order valence-corrected chi connectivity index (χ0v) is 12.1. The highest BCUT2D eigenvalue weighted by Gasteiger charge is 2.30. The van der Waals surface area contributed by atoms with E-state index in [0.29, 0.717) is 15.2 Å². The molecule has 1 fully saturated rings. The smallest absolute Gasteiger partial charge is 0.229 e. The Kier molecular flexibility index (Phi) is 3.48. The number of hydrogen-bond donors (Lipinski definition) is 1. The molecular formula is C13H10Cl2N2OS. The number of aromatic nitrogens is 1. The van der Waals surface area contributed by atoms with Gasteiger partial charge in [-0.2, -0.15) is 0 Å². The van der Waals surface area contributed by atoms with Crippen LogP contribution in [0.1, 0.15) is 12.8 Å². The van der Waals surface area contributed by atoms with E-state index in [1.807, 2.05) is 5.38 Å². The minimum absolute atomic E-state index is 0.0538. The molecule has 0 spiro atoms. The van der Waals surface area contributed by atoms with Gasteiger partial charge in [-0.05, 0) is 31.0 Å². The van der Waals surface area contributed by atoms with Crippen molar-refractivity contribution in [2.45, 2.75) is 12.8 Å². The van der Waals surface area contributed by atoms with Crippen LogP contribution in [0, 0.1) is 5.92 Å². The van der Waals surface area contributed by atoms with Crippen LogP contribution in [0.4, 0.5) is 5.13 Å². The number of thiazole rings is 1.